The average Bonchev–Trinajstić information content (AvgIpc) is 3.08. The van der Waals surface area contributed by atoms with Crippen LogP contribution < -0.4 is 16.4 Å². The highest BCUT2D eigenvalue weighted by Crippen LogP contribution is 2.26. The maximum Gasteiger partial charge on any atom is 0.268 e. The zero-order valence-electron chi connectivity index (χ0n) is 12.8. The summed E-state index contributed by atoms with van der Waals surface area (Å²) in [6.07, 6.45) is 0.804. The van der Waals surface area contributed by atoms with Crippen molar-refractivity contribution in [1.29, 1.82) is 0 Å². The molecule has 0 unspecified atom stereocenters. The summed E-state index contributed by atoms with van der Waals surface area (Å²) in [5.74, 6) is -0.315. The standard InChI is InChI=1S/C13H16Br2N6O2S/c1-21-8(6-7(14)11(21)15)12(23)18-5-4-17-9(22)2-3-10-19-20-13(16)24-10/h6H,2-5H2,1H3,(H2,16,20)(H,17,22)(H,18,23). The number of carbonyl (C=O) groups is 2. The maximum atomic E-state index is 12.1. The zero-order chi connectivity index (χ0) is 17.7. The lowest BCUT2D eigenvalue weighted by atomic mass is 10.3. The van der Waals surface area contributed by atoms with E-state index >= 15 is 0 Å². The number of hydrogen-bond donors (Lipinski definition) is 3. The van der Waals surface area contributed by atoms with Crippen LogP contribution in [0, 0.1) is 0 Å². The van der Waals surface area contributed by atoms with Crippen LogP contribution in [0.4, 0.5) is 5.13 Å². The maximum absolute atomic E-state index is 12.1. The Kier molecular flexibility index (Phi) is 6.75. The van der Waals surface area contributed by atoms with Gasteiger partial charge in [0.15, 0.2) is 0 Å². The minimum atomic E-state index is -0.206. The molecule has 2 aromatic heterocycles. The quantitative estimate of drug-likeness (QED) is 0.520. The van der Waals surface area contributed by atoms with Crippen LogP contribution in [0.3, 0.4) is 0 Å². The van der Waals surface area contributed by atoms with Gasteiger partial charge in [0, 0.05) is 33.0 Å². The van der Waals surface area contributed by atoms with Crippen LogP contribution in [0.5, 0.6) is 0 Å². The highest BCUT2D eigenvalue weighted by Gasteiger charge is 2.14. The molecule has 0 saturated heterocycles. The fraction of sp³-hybridized carbons (Fsp3) is 0.385. The molecule has 0 aliphatic heterocycles. The van der Waals surface area contributed by atoms with Gasteiger partial charge in [-0.05, 0) is 37.9 Å². The minimum Gasteiger partial charge on any atom is -0.374 e. The Labute approximate surface area is 159 Å². The molecule has 0 aromatic carbocycles. The van der Waals surface area contributed by atoms with E-state index in [0.717, 1.165) is 14.1 Å². The van der Waals surface area contributed by atoms with Crippen molar-refractivity contribution in [2.45, 2.75) is 12.8 Å². The van der Waals surface area contributed by atoms with Gasteiger partial charge in [-0.2, -0.15) is 0 Å². The van der Waals surface area contributed by atoms with Crippen LogP contribution >= 0.6 is 43.2 Å². The minimum absolute atomic E-state index is 0.109. The molecule has 0 aliphatic rings. The van der Waals surface area contributed by atoms with Gasteiger partial charge in [-0.3, -0.25) is 9.59 Å². The summed E-state index contributed by atoms with van der Waals surface area (Å²) >= 11 is 8.00. The third-order valence-electron chi connectivity index (χ3n) is 3.13. The summed E-state index contributed by atoms with van der Waals surface area (Å²) in [5, 5.41) is 14.2. The fourth-order valence-electron chi connectivity index (χ4n) is 1.91. The Morgan fingerprint density at radius 2 is 2.00 bits per heavy atom. The lowest BCUT2D eigenvalue weighted by molar-refractivity contribution is -0.121. The first kappa shape index (κ1) is 18.9. The highest BCUT2D eigenvalue weighted by atomic mass is 79.9. The third-order valence-corrected chi connectivity index (χ3v) is 6.04. The van der Waals surface area contributed by atoms with Gasteiger partial charge in [0.2, 0.25) is 11.0 Å². The van der Waals surface area contributed by atoms with Gasteiger partial charge in [0.05, 0.1) is 9.08 Å². The van der Waals surface area contributed by atoms with Crippen molar-refractivity contribution in [1.82, 2.24) is 25.4 Å². The van der Waals surface area contributed by atoms with Gasteiger partial charge in [-0.1, -0.05) is 11.3 Å². The van der Waals surface area contributed by atoms with E-state index < -0.39 is 0 Å². The number of nitrogens with two attached hydrogens (primary N) is 1. The monoisotopic (exact) mass is 478 g/mol. The number of rotatable bonds is 7. The number of aryl methyl sites for hydroxylation is 1. The average molecular weight is 480 g/mol. The number of nitrogens with one attached hydrogen (secondary N) is 2. The molecule has 24 heavy (non-hydrogen) atoms. The second kappa shape index (κ2) is 8.58. The molecule has 0 bridgehead atoms. The van der Waals surface area contributed by atoms with Crippen LogP contribution in [-0.4, -0.2) is 39.7 Å². The van der Waals surface area contributed by atoms with Gasteiger partial charge in [-0.25, -0.2) is 0 Å². The normalized spacial score (nSPS) is 10.6. The first-order chi connectivity index (χ1) is 11.4. The Balaban J connectivity index is 1.67. The molecule has 11 heteroatoms. The Morgan fingerprint density at radius 3 is 2.58 bits per heavy atom. The van der Waals surface area contributed by atoms with E-state index in [1.54, 1.807) is 17.7 Å². The highest BCUT2D eigenvalue weighted by molar-refractivity contribution is 9.13. The van der Waals surface area contributed by atoms with Crippen molar-refractivity contribution in [3.8, 4) is 0 Å². The molecule has 8 nitrogen and oxygen atoms in total. The van der Waals surface area contributed by atoms with Crippen LogP contribution in [0.1, 0.15) is 21.9 Å². The first-order valence-corrected chi connectivity index (χ1v) is 9.42. The Morgan fingerprint density at radius 1 is 1.29 bits per heavy atom. The van der Waals surface area contributed by atoms with Gasteiger partial charge < -0.3 is 20.9 Å². The van der Waals surface area contributed by atoms with Crippen LogP contribution in [0.15, 0.2) is 15.1 Å². The summed E-state index contributed by atoms with van der Waals surface area (Å²) < 4.78 is 3.32. The number of halogens is 2. The number of carbonyl (C=O) groups excluding carboxylic acids is 2. The molecule has 0 radical (unpaired) electrons. The third kappa shape index (κ3) is 5.02. The lowest BCUT2D eigenvalue weighted by Gasteiger charge is -2.07. The predicted octanol–water partition coefficient (Wildman–Crippen LogP) is 1.46. The van der Waals surface area contributed by atoms with Gasteiger partial charge >= 0.3 is 0 Å². The molecule has 0 atom stereocenters. The summed E-state index contributed by atoms with van der Waals surface area (Å²) in [6.45, 7) is 0.701. The predicted molar refractivity (Wildman–Crippen MR) is 98.8 cm³/mol. The van der Waals surface area contributed by atoms with E-state index in [1.165, 1.54) is 11.3 Å². The SMILES string of the molecule is Cn1c(C(=O)NCCNC(=O)CCc2nnc(N)s2)cc(Br)c1Br. The molecule has 0 fully saturated rings. The van der Waals surface area contributed by atoms with Crippen LogP contribution in [0.25, 0.3) is 0 Å². The van der Waals surface area contributed by atoms with Gasteiger partial charge in [-0.15, -0.1) is 10.2 Å². The molecule has 0 aliphatic carbocycles. The topological polar surface area (TPSA) is 115 Å². The fourth-order valence-corrected chi connectivity index (χ4v) is 3.30. The number of hydrogen-bond acceptors (Lipinski definition) is 6. The number of anilines is 1. The van der Waals surface area contributed by atoms with Crippen molar-refractivity contribution in [2.24, 2.45) is 7.05 Å². The molecule has 130 valence electrons. The van der Waals surface area contributed by atoms with E-state index in [9.17, 15) is 9.59 Å². The molecule has 2 heterocycles. The van der Waals surface area contributed by atoms with Crippen molar-refractivity contribution < 1.29 is 9.59 Å². The second-order valence-corrected chi connectivity index (χ2v) is 7.57. The molecule has 0 saturated carbocycles. The van der Waals surface area contributed by atoms with Crippen LogP contribution in [-0.2, 0) is 18.3 Å². The smallest absolute Gasteiger partial charge is 0.268 e. The lowest BCUT2D eigenvalue weighted by Crippen LogP contribution is -2.35. The van der Waals surface area contributed by atoms with E-state index in [1.807, 2.05) is 0 Å². The van der Waals surface area contributed by atoms with Gasteiger partial charge in [0.25, 0.3) is 5.91 Å². The van der Waals surface area contributed by atoms with E-state index in [0.29, 0.717) is 36.8 Å². The van der Waals surface area contributed by atoms with Crippen molar-refractivity contribution in [3.63, 3.8) is 0 Å². The molecular formula is C13H16Br2N6O2S. The molecule has 2 amide bonds. The Bertz CT molecular complexity index is 745. The number of aromatic nitrogens is 3. The molecule has 2 aromatic rings. The van der Waals surface area contributed by atoms with Gasteiger partial charge in [0.1, 0.15) is 10.7 Å². The summed E-state index contributed by atoms with van der Waals surface area (Å²) in [4.78, 5) is 23.8. The first-order valence-electron chi connectivity index (χ1n) is 7.02. The van der Waals surface area contributed by atoms with E-state index in [4.69, 9.17) is 5.73 Å². The van der Waals surface area contributed by atoms with Crippen molar-refractivity contribution in [3.05, 3.63) is 25.8 Å². The summed E-state index contributed by atoms with van der Waals surface area (Å²) in [7, 11) is 1.78. The molecular weight excluding hydrogens is 464 g/mol. The second-order valence-electron chi connectivity index (χ2n) is 4.87. The van der Waals surface area contributed by atoms with E-state index in [2.05, 4.69) is 52.7 Å². The zero-order valence-corrected chi connectivity index (χ0v) is 16.8. The van der Waals surface area contributed by atoms with Crippen molar-refractivity contribution >= 4 is 60.1 Å². The van der Waals surface area contributed by atoms with Crippen LogP contribution in [0.2, 0.25) is 0 Å². The van der Waals surface area contributed by atoms with E-state index in [-0.39, 0.29) is 11.8 Å². The Hall–Kier alpha value is -1.46. The summed E-state index contributed by atoms with van der Waals surface area (Å²) in [5.41, 5.74) is 6.00. The molecule has 2 rings (SSSR count). The number of nitrogen functional groups attached to an aromatic ring is 1. The largest absolute Gasteiger partial charge is 0.374 e. The number of nitrogens with zero attached hydrogens (tertiary/aromatic N) is 3. The number of amides is 2. The molecule has 4 N–H and O–H groups in total. The summed E-state index contributed by atoms with van der Waals surface area (Å²) in [6, 6.07) is 1.73. The molecule has 0 spiro atoms. The van der Waals surface area contributed by atoms with Crippen molar-refractivity contribution in [2.75, 3.05) is 18.8 Å².